The van der Waals surface area contributed by atoms with E-state index in [2.05, 4.69) is 97.2 Å². The van der Waals surface area contributed by atoms with Gasteiger partial charge in [-0.25, -0.2) is 18.3 Å². The van der Waals surface area contributed by atoms with Gasteiger partial charge < -0.3 is 4.57 Å². The largest absolute Gasteiger partial charge is 0.325 e. The van der Waals surface area contributed by atoms with Crippen molar-refractivity contribution in [3.63, 3.8) is 0 Å². The van der Waals surface area contributed by atoms with Crippen molar-refractivity contribution in [2.24, 2.45) is 10.9 Å². The number of hydrogen-bond acceptors (Lipinski definition) is 4. The molecular weight excluding hydrogens is 689 g/mol. The van der Waals surface area contributed by atoms with Crippen LogP contribution >= 0.6 is 11.6 Å². The molecule has 1 N–H and O–H groups in total. The Morgan fingerprint density at radius 3 is 2.46 bits per heavy atom. The number of imidazole rings is 1. The fourth-order valence-electron chi connectivity index (χ4n) is 7.49. The smallest absolute Gasteiger partial charge is 0.120 e. The van der Waals surface area contributed by atoms with Crippen LogP contribution in [-0.4, -0.2) is 57.6 Å². The molecule has 9 heteroatoms. The first-order valence-corrected chi connectivity index (χ1v) is 20.7. The van der Waals surface area contributed by atoms with Gasteiger partial charge in [-0.05, 0) is 113 Å². The number of nitrogens with zero attached hydrogens (tertiary/aromatic N) is 4. The van der Waals surface area contributed by atoms with Crippen LogP contribution in [0.2, 0.25) is 0 Å². The number of benzene rings is 1. The van der Waals surface area contributed by atoms with Gasteiger partial charge in [-0.2, -0.15) is 0 Å². The standard InChI is InChI=1S/C43H63ClFN5OS/c1-9-16-33(5)42-35(7)48-36(8)50(42)40(31-37(11-3)12-4)20-26-46-27-21-43(39-17-14-13-15-18-39)22-28-49(29-23-43)32-38(41(44)19-24-45)30-34(6)52(51)47-25-10-2/h9,13-19,24,26,30,37,40,47H,7,10-12,20-23,25,27-29,31-32H2,1-6,8H3/b16-9-,24-19+,34-30+,41-38-,42-33+,46-26?/t40-,52?/m0/s1. The summed E-state index contributed by atoms with van der Waals surface area (Å²) in [5, 5.41) is 2.29. The molecule has 1 aliphatic heterocycles. The van der Waals surface area contributed by atoms with Crippen molar-refractivity contribution < 1.29 is 8.60 Å². The molecule has 0 spiro atoms. The fourth-order valence-corrected chi connectivity index (χ4v) is 8.52. The summed E-state index contributed by atoms with van der Waals surface area (Å²) in [7, 11) is -1.32. The Kier molecular flexibility index (Phi) is 18.7. The summed E-state index contributed by atoms with van der Waals surface area (Å²) in [6.45, 7) is 22.7. The molecule has 0 aliphatic carbocycles. The summed E-state index contributed by atoms with van der Waals surface area (Å²) < 4.78 is 31.3. The molecule has 0 saturated carbocycles. The first-order chi connectivity index (χ1) is 25.0. The molecule has 1 unspecified atom stereocenters. The number of likely N-dealkylation sites (tertiary alicyclic amines) is 1. The summed E-state index contributed by atoms with van der Waals surface area (Å²) in [6, 6.07) is 11.1. The minimum Gasteiger partial charge on any atom is -0.325 e. The predicted octanol–water partition coefficient (Wildman–Crippen LogP) is 9.14. The summed E-state index contributed by atoms with van der Waals surface area (Å²) in [4.78, 5) is 12.9. The molecule has 6 nitrogen and oxygen atoms in total. The molecule has 0 amide bonds. The van der Waals surface area contributed by atoms with E-state index in [0.29, 0.717) is 35.3 Å². The Morgan fingerprint density at radius 2 is 1.85 bits per heavy atom. The lowest BCUT2D eigenvalue weighted by Gasteiger charge is -2.42. The van der Waals surface area contributed by atoms with Gasteiger partial charge in [0.2, 0.25) is 0 Å². The highest BCUT2D eigenvalue weighted by Gasteiger charge is 2.36. The molecule has 0 bridgehead atoms. The molecule has 1 aromatic heterocycles. The second-order valence-electron chi connectivity index (χ2n) is 14.2. The maximum absolute atomic E-state index is 13.2. The van der Waals surface area contributed by atoms with Crippen molar-refractivity contribution in [1.29, 1.82) is 0 Å². The molecule has 2 aromatic rings. The number of aromatic nitrogens is 2. The molecule has 1 aromatic carbocycles. The number of hydrogen-bond donors (Lipinski definition) is 1. The van der Waals surface area contributed by atoms with E-state index in [9.17, 15) is 8.60 Å². The van der Waals surface area contributed by atoms with E-state index in [4.69, 9.17) is 21.6 Å². The zero-order valence-corrected chi connectivity index (χ0v) is 34.3. The van der Waals surface area contributed by atoms with Crippen LogP contribution < -0.4 is 15.4 Å². The lowest BCUT2D eigenvalue weighted by atomic mass is 9.70. The monoisotopic (exact) mass is 751 g/mol. The minimum absolute atomic E-state index is 0.00328. The van der Waals surface area contributed by atoms with Crippen LogP contribution in [0.25, 0.3) is 12.2 Å². The summed E-state index contributed by atoms with van der Waals surface area (Å²) >= 11 is 6.56. The van der Waals surface area contributed by atoms with Crippen LogP contribution in [0, 0.1) is 12.8 Å². The van der Waals surface area contributed by atoms with Gasteiger partial charge in [-0.15, -0.1) is 0 Å². The van der Waals surface area contributed by atoms with Crippen molar-refractivity contribution in [3.05, 3.63) is 98.6 Å². The fraction of sp³-hybridized carbons (Fsp3) is 0.535. The topological polar surface area (TPSA) is 62.5 Å². The van der Waals surface area contributed by atoms with Gasteiger partial charge in [0.15, 0.2) is 0 Å². The molecule has 0 radical (unpaired) electrons. The molecule has 1 aliphatic rings. The third kappa shape index (κ3) is 12.3. The van der Waals surface area contributed by atoms with Crippen molar-refractivity contribution in [2.45, 2.75) is 111 Å². The second kappa shape index (κ2) is 22.3. The number of aryl methyl sites for hydroxylation is 1. The maximum atomic E-state index is 13.2. The van der Waals surface area contributed by atoms with Gasteiger partial charge in [0.05, 0.1) is 17.0 Å². The number of halogens is 2. The van der Waals surface area contributed by atoms with E-state index in [0.717, 1.165) is 93.1 Å². The molecule has 1 fully saturated rings. The summed E-state index contributed by atoms with van der Waals surface area (Å²) in [6.07, 6.45) is 18.0. The number of piperidine rings is 1. The lowest BCUT2D eigenvalue weighted by molar-refractivity contribution is 0.164. The molecule has 3 rings (SSSR count). The van der Waals surface area contributed by atoms with Gasteiger partial charge in [-0.1, -0.05) is 94.3 Å². The van der Waals surface area contributed by atoms with E-state index < -0.39 is 11.0 Å². The average Bonchev–Trinajstić information content (AvgIpc) is 3.45. The van der Waals surface area contributed by atoms with Gasteiger partial charge in [0.1, 0.15) is 16.8 Å². The van der Waals surface area contributed by atoms with E-state index >= 15 is 0 Å². The minimum atomic E-state index is -1.32. The SMILES string of the molecule is C=c1nc(C)n([C@@H](CC=NCCC2(c3ccccc3)CCN(CC(/C=C(\C)S(=O)NCCC)=C(Cl)/C=C/F)CC2)CC(CC)CC)/c1=C(C)/C=C\C. The van der Waals surface area contributed by atoms with E-state index in [1.807, 2.05) is 26.8 Å². The second-order valence-corrected chi connectivity index (χ2v) is 16.0. The van der Waals surface area contributed by atoms with Gasteiger partial charge >= 0.3 is 0 Å². The lowest BCUT2D eigenvalue weighted by Crippen LogP contribution is -2.43. The van der Waals surface area contributed by atoms with Crippen LogP contribution in [0.5, 0.6) is 0 Å². The van der Waals surface area contributed by atoms with E-state index in [1.54, 1.807) is 0 Å². The van der Waals surface area contributed by atoms with Crippen LogP contribution in [0.1, 0.15) is 110 Å². The number of rotatable bonds is 20. The Balaban J connectivity index is 1.80. The van der Waals surface area contributed by atoms with Gasteiger partial charge in [-0.3, -0.25) is 9.89 Å². The summed E-state index contributed by atoms with van der Waals surface area (Å²) in [5.74, 6) is 1.64. The Morgan fingerprint density at radius 1 is 1.15 bits per heavy atom. The third-order valence-electron chi connectivity index (χ3n) is 10.6. The van der Waals surface area contributed by atoms with Crippen LogP contribution in [0.15, 0.2) is 81.5 Å². The van der Waals surface area contributed by atoms with Crippen molar-refractivity contribution in [3.8, 4) is 0 Å². The molecule has 1 saturated heterocycles. The number of aliphatic imine (C=N–C) groups is 1. The highest BCUT2D eigenvalue weighted by Crippen LogP contribution is 2.39. The zero-order chi connectivity index (χ0) is 38.1. The van der Waals surface area contributed by atoms with Crippen molar-refractivity contribution >= 4 is 41.0 Å². The molecule has 286 valence electrons. The highest BCUT2D eigenvalue weighted by molar-refractivity contribution is 7.87. The Hall–Kier alpha value is -2.91. The quantitative estimate of drug-likeness (QED) is 0.109. The zero-order valence-electron chi connectivity index (χ0n) is 32.8. The van der Waals surface area contributed by atoms with Gasteiger partial charge in [0.25, 0.3) is 0 Å². The maximum Gasteiger partial charge on any atom is 0.120 e. The normalized spacial score (nSPS) is 18.2. The van der Waals surface area contributed by atoms with Crippen LogP contribution in [0.3, 0.4) is 0 Å². The number of allylic oxidation sites excluding steroid dienone is 5. The van der Waals surface area contributed by atoms with E-state index in [-0.39, 0.29) is 11.5 Å². The molecular formula is C43H63ClFN5OS. The van der Waals surface area contributed by atoms with Crippen molar-refractivity contribution in [1.82, 2.24) is 19.2 Å². The first-order valence-electron chi connectivity index (χ1n) is 19.2. The Labute approximate surface area is 321 Å². The summed E-state index contributed by atoms with van der Waals surface area (Å²) in [5.41, 5.74) is 3.31. The Bertz CT molecular complexity index is 1700. The van der Waals surface area contributed by atoms with Crippen LogP contribution in [-0.2, 0) is 16.4 Å². The average molecular weight is 753 g/mol. The first kappa shape index (κ1) is 43.5. The molecule has 2 atom stereocenters. The molecule has 52 heavy (non-hydrogen) atoms. The van der Waals surface area contributed by atoms with Crippen LogP contribution in [0.4, 0.5) is 4.39 Å². The molecule has 2 heterocycles. The third-order valence-corrected chi connectivity index (χ3v) is 12.1. The highest BCUT2D eigenvalue weighted by atomic mass is 35.5. The number of nitrogens with one attached hydrogen (secondary N) is 1. The van der Waals surface area contributed by atoms with Gasteiger partial charge in [0, 0.05) is 48.2 Å². The van der Waals surface area contributed by atoms with E-state index in [1.165, 1.54) is 17.2 Å². The predicted molar refractivity (Wildman–Crippen MR) is 223 cm³/mol. The van der Waals surface area contributed by atoms with Crippen molar-refractivity contribution in [2.75, 3.05) is 32.7 Å².